The summed E-state index contributed by atoms with van der Waals surface area (Å²) in [7, 11) is 0. The lowest BCUT2D eigenvalue weighted by atomic mass is 9.84. The molecule has 0 saturated carbocycles. The van der Waals surface area contributed by atoms with E-state index in [1.807, 2.05) is 79.7 Å². The van der Waals surface area contributed by atoms with Crippen molar-refractivity contribution in [2.24, 2.45) is 15.0 Å². The molecule has 10 nitrogen and oxygen atoms in total. The van der Waals surface area contributed by atoms with Crippen molar-refractivity contribution in [2.75, 3.05) is 0 Å². The van der Waals surface area contributed by atoms with Gasteiger partial charge < -0.3 is 15.6 Å². The molecule has 2 aromatic rings. The summed E-state index contributed by atoms with van der Waals surface area (Å²) >= 11 is 0. The minimum Gasteiger partial charge on any atom is -0.757 e. The van der Waals surface area contributed by atoms with Crippen LogP contribution in [-0.2, 0) is 4.79 Å². The van der Waals surface area contributed by atoms with Crippen molar-refractivity contribution in [3.8, 4) is 0 Å². The lowest BCUT2D eigenvalue weighted by Gasteiger charge is -2.45. The maximum Gasteiger partial charge on any atom is 0.435 e. The Morgan fingerprint density at radius 2 is 1.67 bits per heavy atom. The molecule has 1 aromatic carbocycles. The quantitative estimate of drug-likeness (QED) is 0.509. The monoisotopic (exact) mass is 489 g/mol. The van der Waals surface area contributed by atoms with E-state index in [9.17, 15) is 14.9 Å². The summed E-state index contributed by atoms with van der Waals surface area (Å²) in [4.78, 5) is 39.8. The van der Waals surface area contributed by atoms with Crippen LogP contribution < -0.4 is 5.32 Å². The van der Waals surface area contributed by atoms with Crippen LogP contribution in [0.5, 0.6) is 0 Å². The summed E-state index contributed by atoms with van der Waals surface area (Å²) in [5.74, 6) is 0.109. The van der Waals surface area contributed by atoms with Crippen molar-refractivity contribution in [1.29, 1.82) is 0 Å². The molecule has 0 unspecified atom stereocenters. The third-order valence-electron chi connectivity index (χ3n) is 8.31. The van der Waals surface area contributed by atoms with Crippen LogP contribution in [0.25, 0.3) is 17.0 Å². The van der Waals surface area contributed by atoms with Gasteiger partial charge in [-0.25, -0.2) is 4.99 Å². The van der Waals surface area contributed by atoms with Gasteiger partial charge in [0.2, 0.25) is 0 Å². The molecule has 0 saturated heterocycles. The fourth-order valence-electron chi connectivity index (χ4n) is 4.40. The minimum absolute atomic E-state index is 0.107. The molecular weight excluding hydrogens is 458 g/mol. The molecule has 0 radical (unpaired) electrons. The Bertz CT molecular complexity index is 1470. The summed E-state index contributed by atoms with van der Waals surface area (Å²) in [5, 5.41) is 17.3. The minimum atomic E-state index is -0.788. The number of nitrogens with zero attached hydrogens (tertiary/aromatic N) is 6. The zero-order valence-electron chi connectivity index (χ0n) is 21.9. The molecule has 4 heterocycles. The van der Waals surface area contributed by atoms with Crippen molar-refractivity contribution in [3.05, 3.63) is 51.8 Å². The van der Waals surface area contributed by atoms with E-state index in [1.54, 1.807) is 16.8 Å². The van der Waals surface area contributed by atoms with Gasteiger partial charge in [0, 0.05) is 16.5 Å². The van der Waals surface area contributed by atoms with Crippen molar-refractivity contribution in [2.45, 2.75) is 77.5 Å². The van der Waals surface area contributed by atoms with Gasteiger partial charge in [-0.1, -0.05) is 28.1 Å². The molecule has 3 aliphatic rings. The molecule has 1 aromatic heterocycles. The van der Waals surface area contributed by atoms with E-state index in [2.05, 4.69) is 15.3 Å². The van der Waals surface area contributed by atoms with Crippen molar-refractivity contribution >= 4 is 40.5 Å². The molecule has 0 bridgehead atoms. The number of rotatable bonds is 2. The lowest BCUT2D eigenvalue weighted by molar-refractivity contribution is -0.518. The first-order valence-electron chi connectivity index (χ1n) is 12.0. The number of carbonyl (C=O) groups is 1. The number of amides is 1. The van der Waals surface area contributed by atoms with Gasteiger partial charge in [0.1, 0.15) is 11.2 Å². The van der Waals surface area contributed by atoms with Crippen LogP contribution >= 0.6 is 0 Å². The fraction of sp³-hybridized carbons (Fsp3) is 0.462. The molecule has 0 atom stereocenters. The smallest absolute Gasteiger partial charge is 0.435 e. The van der Waals surface area contributed by atoms with Crippen molar-refractivity contribution in [3.63, 3.8) is 0 Å². The number of benzene rings is 1. The highest BCUT2D eigenvalue weighted by atomic mass is 16.5. The molecule has 1 amide bonds. The van der Waals surface area contributed by atoms with E-state index in [0.717, 1.165) is 20.7 Å². The van der Waals surface area contributed by atoms with E-state index < -0.39 is 28.1 Å². The molecule has 1 N–H and O–H groups in total. The molecule has 10 heteroatoms. The number of hydroxylamine groups is 2. The van der Waals surface area contributed by atoms with Gasteiger partial charge in [0.05, 0.1) is 11.7 Å². The molecule has 0 fully saturated rings. The third-order valence-corrected chi connectivity index (χ3v) is 8.31. The second-order valence-electron chi connectivity index (χ2n) is 11.6. The number of para-hydroxylation sites is 1. The zero-order chi connectivity index (χ0) is 26.4. The molecule has 0 aliphatic carbocycles. The van der Waals surface area contributed by atoms with Crippen molar-refractivity contribution in [1.82, 2.24) is 14.9 Å². The van der Waals surface area contributed by atoms with E-state index in [1.165, 1.54) is 0 Å². The van der Waals surface area contributed by atoms with Crippen LogP contribution in [-0.4, -0.2) is 60.1 Å². The van der Waals surface area contributed by atoms with Crippen LogP contribution in [0.3, 0.4) is 0 Å². The number of fused-ring (bicyclic) bond motifs is 1. The van der Waals surface area contributed by atoms with E-state index in [-0.39, 0.29) is 23.3 Å². The molecule has 0 spiro atoms. The topological polar surface area (TPSA) is 117 Å². The van der Waals surface area contributed by atoms with E-state index in [4.69, 9.17) is 4.99 Å². The number of nitroso groups, excluding NO2 is 1. The summed E-state index contributed by atoms with van der Waals surface area (Å²) in [5.41, 5.74) is -1.12. The van der Waals surface area contributed by atoms with Gasteiger partial charge in [0.25, 0.3) is 5.91 Å². The summed E-state index contributed by atoms with van der Waals surface area (Å²) < 4.78 is 2.70. The Morgan fingerprint density at radius 1 is 1.00 bits per heavy atom. The van der Waals surface area contributed by atoms with Gasteiger partial charge in [-0.15, -0.1) is 0 Å². The average Bonchev–Trinajstić information content (AvgIpc) is 3.43. The predicted octanol–water partition coefficient (Wildman–Crippen LogP) is 3.83. The highest BCUT2D eigenvalue weighted by Crippen LogP contribution is 2.38. The molecule has 3 aliphatic heterocycles. The summed E-state index contributed by atoms with van der Waals surface area (Å²) in [6, 6.07) is 7.61. The Kier molecular flexibility index (Phi) is 4.80. The third kappa shape index (κ3) is 3.13. The molecule has 188 valence electrons. The standard InChI is InChI=1S/C26H31N7O3/c1-23(2)25(5,6)32(35)20(29-23)19-27-17(21(34)28-19)13-15-14-31(18-12-10-9-11-16(15)18)22-30-24(3,4)26(7,8)33(22)36/h9-14H,1-8H3,(H,27,28,34)/b17-13-. The predicted molar refractivity (Wildman–Crippen MR) is 141 cm³/mol. The first kappa shape index (κ1) is 24.1. The molecule has 5 rings (SSSR count). The first-order chi connectivity index (χ1) is 16.6. The van der Waals surface area contributed by atoms with Crippen LogP contribution in [0, 0.1) is 10.1 Å². The number of carbonyl (C=O) groups excluding carboxylic acids is 1. The van der Waals surface area contributed by atoms with Crippen molar-refractivity contribution < 1.29 is 9.55 Å². The average molecular weight is 490 g/mol. The van der Waals surface area contributed by atoms with Gasteiger partial charge in [-0.3, -0.25) is 9.79 Å². The van der Waals surface area contributed by atoms with Gasteiger partial charge in [-0.2, -0.15) is 4.57 Å². The van der Waals surface area contributed by atoms with E-state index >= 15 is 0 Å². The second kappa shape index (κ2) is 7.19. The number of amidine groups is 2. The Hall–Kier alpha value is -3.66. The second-order valence-corrected chi connectivity index (χ2v) is 11.6. The first-order valence-corrected chi connectivity index (χ1v) is 12.0. The molecule has 36 heavy (non-hydrogen) atoms. The number of aliphatic imine (C=N–C) groups is 3. The number of nitrogens with one attached hydrogen (secondary N) is 1. The van der Waals surface area contributed by atoms with Crippen LogP contribution in [0.2, 0.25) is 0 Å². The van der Waals surface area contributed by atoms with Gasteiger partial charge in [0.15, 0.2) is 22.7 Å². The highest BCUT2D eigenvalue weighted by molar-refractivity contribution is 6.46. The Labute approximate surface area is 209 Å². The van der Waals surface area contributed by atoms with Crippen LogP contribution in [0.4, 0.5) is 0 Å². The number of hydrogen-bond acceptors (Lipinski definition) is 7. The van der Waals surface area contributed by atoms with Crippen LogP contribution in [0.15, 0.2) is 51.1 Å². The Balaban J connectivity index is 1.59. The van der Waals surface area contributed by atoms with Gasteiger partial charge >= 0.3 is 5.96 Å². The Morgan fingerprint density at radius 3 is 2.25 bits per heavy atom. The maximum atomic E-state index is 13.2. The largest absolute Gasteiger partial charge is 0.757 e. The normalized spacial score (nSPS) is 24.9. The number of hydrogen-bond donors (Lipinski definition) is 1. The van der Waals surface area contributed by atoms with E-state index in [0.29, 0.717) is 5.56 Å². The summed E-state index contributed by atoms with van der Waals surface area (Å²) in [6.45, 7) is 15.0. The SMILES string of the molecule is CC1(C)N=C(C2=N/C(=C\c3cn(C4=NC(C)(C)C(C)(C)[N+]4=O)c4ccccc34)C(=O)N2)N([O-])C1(C)C. The van der Waals surface area contributed by atoms with Gasteiger partial charge in [-0.05, 0) is 72.3 Å². The highest BCUT2D eigenvalue weighted by Gasteiger charge is 2.57. The maximum absolute atomic E-state index is 13.2. The fourth-order valence-corrected chi connectivity index (χ4v) is 4.40. The lowest BCUT2D eigenvalue weighted by Crippen LogP contribution is -2.52. The van der Waals surface area contributed by atoms with Crippen LogP contribution in [0.1, 0.15) is 61.0 Å². The zero-order valence-corrected chi connectivity index (χ0v) is 21.9. The molecular formula is C26H31N7O3. The summed E-state index contributed by atoms with van der Waals surface area (Å²) in [6.07, 6.45) is 3.45. The number of aromatic nitrogens is 1.